The number of carboxylic acid groups (broad SMARTS) is 1. The van der Waals surface area contributed by atoms with E-state index in [2.05, 4.69) is 6.92 Å². The van der Waals surface area contributed by atoms with E-state index in [4.69, 9.17) is 21.4 Å². The van der Waals surface area contributed by atoms with E-state index < -0.39 is 11.6 Å². The summed E-state index contributed by atoms with van der Waals surface area (Å²) in [6.07, 6.45) is 1.99. The van der Waals surface area contributed by atoms with E-state index in [1.807, 2.05) is 66.7 Å². The topological polar surface area (TPSA) is 66.8 Å². The third-order valence-electron chi connectivity index (χ3n) is 6.12. The van der Waals surface area contributed by atoms with E-state index >= 15 is 0 Å². The summed E-state index contributed by atoms with van der Waals surface area (Å²) >= 11 is 6.01. The SMILES string of the molecule is CC1(Cc2ccc(Cl)cc2)Cc2cc(C(=O)N(CCC(=O)O)CCc3ccccc3)ccc2O1. The number of fused-ring (bicyclic) bond motifs is 1. The Labute approximate surface area is 204 Å². The molecule has 4 rings (SSSR count). The summed E-state index contributed by atoms with van der Waals surface area (Å²) in [6.45, 7) is 2.70. The first kappa shape index (κ1) is 23.8. The van der Waals surface area contributed by atoms with Crippen LogP contribution >= 0.6 is 11.6 Å². The Balaban J connectivity index is 1.47. The van der Waals surface area contributed by atoms with Gasteiger partial charge in [0, 0.05) is 36.5 Å². The molecule has 1 unspecified atom stereocenters. The highest BCUT2D eigenvalue weighted by Crippen LogP contribution is 2.37. The molecule has 3 aromatic carbocycles. The second-order valence-electron chi connectivity index (χ2n) is 9.03. The van der Waals surface area contributed by atoms with Gasteiger partial charge in [-0.25, -0.2) is 0 Å². The van der Waals surface area contributed by atoms with Crippen LogP contribution in [0.1, 0.15) is 40.4 Å². The molecular weight excluding hydrogens is 450 g/mol. The van der Waals surface area contributed by atoms with E-state index in [1.54, 1.807) is 11.0 Å². The highest BCUT2D eigenvalue weighted by atomic mass is 35.5. The van der Waals surface area contributed by atoms with Crippen molar-refractivity contribution >= 4 is 23.5 Å². The lowest BCUT2D eigenvalue weighted by Gasteiger charge is -2.24. The molecule has 0 aromatic heterocycles. The average molecular weight is 478 g/mol. The number of halogens is 1. The molecule has 0 bridgehead atoms. The summed E-state index contributed by atoms with van der Waals surface area (Å²) < 4.78 is 6.27. The maximum Gasteiger partial charge on any atom is 0.305 e. The van der Waals surface area contributed by atoms with Crippen LogP contribution in [0.2, 0.25) is 5.02 Å². The van der Waals surface area contributed by atoms with Crippen LogP contribution in [0.3, 0.4) is 0 Å². The van der Waals surface area contributed by atoms with Crippen molar-refractivity contribution in [3.8, 4) is 5.75 Å². The lowest BCUT2D eigenvalue weighted by atomic mass is 9.91. The predicted molar refractivity (Wildman–Crippen MR) is 133 cm³/mol. The molecule has 1 heterocycles. The van der Waals surface area contributed by atoms with E-state index in [0.29, 0.717) is 30.0 Å². The molecule has 5 nitrogen and oxygen atoms in total. The van der Waals surface area contributed by atoms with Gasteiger partial charge in [0.25, 0.3) is 5.91 Å². The van der Waals surface area contributed by atoms with Gasteiger partial charge in [0.1, 0.15) is 11.4 Å². The zero-order valence-corrected chi connectivity index (χ0v) is 19.9. The summed E-state index contributed by atoms with van der Waals surface area (Å²) in [7, 11) is 0. The van der Waals surface area contributed by atoms with Crippen LogP contribution in [-0.4, -0.2) is 40.6 Å². The lowest BCUT2D eigenvalue weighted by Crippen LogP contribution is -2.35. The molecule has 1 atom stereocenters. The minimum atomic E-state index is -0.919. The van der Waals surface area contributed by atoms with Crippen molar-refractivity contribution in [3.05, 3.63) is 100 Å². The van der Waals surface area contributed by atoms with Gasteiger partial charge in [0.15, 0.2) is 0 Å². The van der Waals surface area contributed by atoms with Crippen molar-refractivity contribution in [1.82, 2.24) is 4.90 Å². The number of rotatable bonds is 9. The van der Waals surface area contributed by atoms with Crippen LogP contribution in [-0.2, 0) is 24.1 Å². The maximum atomic E-state index is 13.3. The van der Waals surface area contributed by atoms with Gasteiger partial charge in [-0.3, -0.25) is 9.59 Å². The number of nitrogens with zero attached hydrogens (tertiary/aromatic N) is 1. The van der Waals surface area contributed by atoms with E-state index in [0.717, 1.165) is 28.9 Å². The van der Waals surface area contributed by atoms with Crippen molar-refractivity contribution < 1.29 is 19.4 Å². The van der Waals surface area contributed by atoms with Crippen LogP contribution < -0.4 is 4.74 Å². The molecule has 0 saturated heterocycles. The second-order valence-corrected chi connectivity index (χ2v) is 9.46. The van der Waals surface area contributed by atoms with E-state index in [9.17, 15) is 9.59 Å². The van der Waals surface area contributed by atoms with Crippen LogP contribution in [0.4, 0.5) is 0 Å². The number of amides is 1. The zero-order chi connectivity index (χ0) is 24.1. The summed E-state index contributed by atoms with van der Waals surface area (Å²) in [5, 5.41) is 9.86. The van der Waals surface area contributed by atoms with Crippen LogP contribution in [0.15, 0.2) is 72.8 Å². The van der Waals surface area contributed by atoms with Gasteiger partial charge < -0.3 is 14.7 Å². The quantitative estimate of drug-likeness (QED) is 0.446. The highest BCUT2D eigenvalue weighted by Gasteiger charge is 2.35. The van der Waals surface area contributed by atoms with Gasteiger partial charge in [0.05, 0.1) is 6.42 Å². The Kier molecular flexibility index (Phi) is 7.23. The fraction of sp³-hybridized carbons (Fsp3) is 0.286. The number of hydrogen-bond acceptors (Lipinski definition) is 3. The molecule has 1 N–H and O–H groups in total. The number of carbonyl (C=O) groups is 2. The summed E-state index contributed by atoms with van der Waals surface area (Å²) in [4.78, 5) is 26.1. The fourth-order valence-electron chi connectivity index (χ4n) is 4.42. The molecule has 1 aliphatic rings. The molecule has 34 heavy (non-hydrogen) atoms. The number of benzene rings is 3. The Morgan fingerprint density at radius 1 is 1.00 bits per heavy atom. The number of aliphatic carboxylic acids is 1. The van der Waals surface area contributed by atoms with Crippen molar-refractivity contribution in [2.45, 2.75) is 38.2 Å². The first-order valence-electron chi connectivity index (χ1n) is 11.4. The smallest absolute Gasteiger partial charge is 0.305 e. The minimum Gasteiger partial charge on any atom is -0.487 e. The lowest BCUT2D eigenvalue weighted by molar-refractivity contribution is -0.137. The number of carboxylic acids is 1. The molecule has 0 fully saturated rings. The van der Waals surface area contributed by atoms with Gasteiger partial charge in [-0.2, -0.15) is 0 Å². The molecule has 1 aliphatic heterocycles. The zero-order valence-electron chi connectivity index (χ0n) is 19.2. The molecule has 3 aromatic rings. The monoisotopic (exact) mass is 477 g/mol. The molecule has 0 aliphatic carbocycles. The van der Waals surface area contributed by atoms with Gasteiger partial charge >= 0.3 is 5.97 Å². The van der Waals surface area contributed by atoms with Crippen molar-refractivity contribution in [3.63, 3.8) is 0 Å². The van der Waals surface area contributed by atoms with Gasteiger partial charge in [-0.1, -0.05) is 54.1 Å². The first-order valence-corrected chi connectivity index (χ1v) is 11.8. The molecule has 1 amide bonds. The van der Waals surface area contributed by atoms with Gasteiger partial charge in [0.2, 0.25) is 0 Å². The third-order valence-corrected chi connectivity index (χ3v) is 6.37. The Hall–Kier alpha value is -3.31. The van der Waals surface area contributed by atoms with Crippen LogP contribution in [0.5, 0.6) is 5.75 Å². The number of carbonyl (C=O) groups excluding carboxylic acids is 1. The highest BCUT2D eigenvalue weighted by molar-refractivity contribution is 6.30. The molecule has 176 valence electrons. The largest absolute Gasteiger partial charge is 0.487 e. The molecular formula is C28H28ClNO4. The average Bonchev–Trinajstić information content (AvgIpc) is 3.15. The minimum absolute atomic E-state index is 0.0895. The fourth-order valence-corrected chi connectivity index (χ4v) is 4.55. The van der Waals surface area contributed by atoms with E-state index in [-0.39, 0.29) is 18.9 Å². The Morgan fingerprint density at radius 3 is 2.44 bits per heavy atom. The Bertz CT molecular complexity index is 1160. The normalized spacial score (nSPS) is 16.5. The van der Waals surface area contributed by atoms with Crippen LogP contribution in [0, 0.1) is 0 Å². The number of ether oxygens (including phenoxy) is 1. The van der Waals surface area contributed by atoms with E-state index in [1.165, 1.54) is 0 Å². The van der Waals surface area contributed by atoms with Crippen molar-refractivity contribution in [1.29, 1.82) is 0 Å². The van der Waals surface area contributed by atoms with Crippen molar-refractivity contribution in [2.75, 3.05) is 13.1 Å². The summed E-state index contributed by atoms with van der Waals surface area (Å²) in [5.41, 5.74) is 3.38. The standard InChI is InChI=1S/C28H28ClNO4/c1-28(18-21-7-10-24(29)11-8-21)19-23-17-22(9-12-25(23)34-28)27(33)30(16-14-26(31)32)15-13-20-5-3-2-4-6-20/h2-12,17H,13-16,18-19H2,1H3,(H,31,32). The first-order chi connectivity index (χ1) is 16.3. The second kappa shape index (κ2) is 10.3. The third kappa shape index (κ3) is 5.97. The predicted octanol–water partition coefficient (Wildman–Crippen LogP) is 5.44. The summed E-state index contributed by atoms with van der Waals surface area (Å²) in [5.74, 6) is -0.293. The molecule has 0 radical (unpaired) electrons. The summed E-state index contributed by atoms with van der Waals surface area (Å²) in [6, 6.07) is 23.1. The number of hydrogen-bond donors (Lipinski definition) is 1. The van der Waals surface area contributed by atoms with Gasteiger partial charge in [-0.15, -0.1) is 0 Å². The Morgan fingerprint density at radius 2 is 1.74 bits per heavy atom. The molecule has 6 heteroatoms. The molecule has 0 saturated carbocycles. The molecule has 0 spiro atoms. The maximum absolute atomic E-state index is 13.3. The van der Waals surface area contributed by atoms with Crippen molar-refractivity contribution in [2.24, 2.45) is 0 Å². The van der Waals surface area contributed by atoms with Crippen LogP contribution in [0.25, 0.3) is 0 Å². The van der Waals surface area contributed by atoms with Gasteiger partial charge in [-0.05, 0) is 60.4 Å².